The van der Waals surface area contributed by atoms with Gasteiger partial charge >= 0.3 is 0 Å². The van der Waals surface area contributed by atoms with Gasteiger partial charge in [-0.15, -0.1) is 0 Å². The number of nitrogens with one attached hydrogen (secondary N) is 1. The Hall–Kier alpha value is -2.68. The summed E-state index contributed by atoms with van der Waals surface area (Å²) in [6, 6.07) is 13.5. The summed E-state index contributed by atoms with van der Waals surface area (Å²) in [5.41, 5.74) is 0.952. The third-order valence-electron chi connectivity index (χ3n) is 4.32. The third-order valence-corrected chi connectivity index (χ3v) is 5.39. The molecule has 8 heteroatoms. The zero-order valence-corrected chi connectivity index (χ0v) is 16.9. The minimum Gasteiger partial charge on any atom is -0.354 e. The van der Waals surface area contributed by atoms with E-state index in [1.165, 1.54) is 43.0 Å². The number of amides is 2. The number of nitrogens with zero attached hydrogens (tertiary/aromatic N) is 1. The maximum Gasteiger partial charge on any atom is 0.265 e. The number of hydrogen-bond acceptors (Lipinski definition) is 5. The SMILES string of the molecule is COC(CNC(=O)CN1C(=O)C(=Cc2ccccc2F)Sc2ccccc21)OC. The molecule has 0 aromatic heterocycles. The lowest BCUT2D eigenvalue weighted by Crippen LogP contribution is -2.44. The summed E-state index contributed by atoms with van der Waals surface area (Å²) in [5.74, 6) is -1.13. The lowest BCUT2D eigenvalue weighted by molar-refractivity contribution is -0.127. The second kappa shape index (κ2) is 9.69. The van der Waals surface area contributed by atoms with Crippen LogP contribution in [0.15, 0.2) is 58.3 Å². The van der Waals surface area contributed by atoms with Gasteiger partial charge in [0.05, 0.1) is 17.1 Å². The van der Waals surface area contributed by atoms with Gasteiger partial charge in [-0.25, -0.2) is 4.39 Å². The lowest BCUT2D eigenvalue weighted by atomic mass is 10.2. The fourth-order valence-corrected chi connectivity index (χ4v) is 3.86. The van der Waals surface area contributed by atoms with Crippen LogP contribution < -0.4 is 10.2 Å². The number of ether oxygens (including phenoxy) is 2. The molecule has 0 fully saturated rings. The summed E-state index contributed by atoms with van der Waals surface area (Å²) in [5, 5.41) is 2.69. The van der Waals surface area contributed by atoms with Gasteiger partial charge in [0, 0.05) is 24.7 Å². The largest absolute Gasteiger partial charge is 0.354 e. The number of para-hydroxylation sites is 1. The number of anilines is 1. The van der Waals surface area contributed by atoms with Crippen molar-refractivity contribution < 1.29 is 23.5 Å². The van der Waals surface area contributed by atoms with Crippen LogP contribution in [-0.2, 0) is 19.1 Å². The molecule has 1 N–H and O–H groups in total. The zero-order valence-electron chi connectivity index (χ0n) is 16.1. The molecule has 2 aromatic carbocycles. The molecule has 0 atom stereocenters. The number of fused-ring (bicyclic) bond motifs is 1. The highest BCUT2D eigenvalue weighted by Gasteiger charge is 2.30. The fourth-order valence-electron chi connectivity index (χ4n) is 2.81. The number of halogens is 1. The highest BCUT2D eigenvalue weighted by atomic mass is 32.2. The van der Waals surface area contributed by atoms with Crippen molar-refractivity contribution in [1.29, 1.82) is 0 Å². The Morgan fingerprint density at radius 2 is 1.86 bits per heavy atom. The number of hydrogen-bond donors (Lipinski definition) is 1. The average molecular weight is 416 g/mol. The van der Waals surface area contributed by atoms with E-state index in [1.807, 2.05) is 12.1 Å². The summed E-state index contributed by atoms with van der Waals surface area (Å²) in [6.45, 7) is -0.0205. The highest BCUT2D eigenvalue weighted by molar-refractivity contribution is 8.04. The molecule has 3 rings (SSSR count). The Morgan fingerprint density at radius 1 is 1.17 bits per heavy atom. The molecule has 0 unspecified atom stereocenters. The van der Waals surface area contributed by atoms with Gasteiger partial charge in [0.15, 0.2) is 6.29 Å². The Balaban J connectivity index is 1.84. The molecule has 0 radical (unpaired) electrons. The van der Waals surface area contributed by atoms with Crippen LogP contribution in [0.3, 0.4) is 0 Å². The van der Waals surface area contributed by atoms with Gasteiger partial charge in [-0.05, 0) is 24.3 Å². The molecule has 1 aliphatic rings. The average Bonchev–Trinajstić information content (AvgIpc) is 2.73. The summed E-state index contributed by atoms with van der Waals surface area (Å²) < 4.78 is 24.1. The minimum atomic E-state index is -0.574. The number of methoxy groups -OCH3 is 2. The van der Waals surface area contributed by atoms with Crippen molar-refractivity contribution in [3.8, 4) is 0 Å². The first kappa shape index (κ1) is 21.0. The lowest BCUT2D eigenvalue weighted by Gasteiger charge is -2.30. The van der Waals surface area contributed by atoms with Crippen molar-refractivity contribution in [1.82, 2.24) is 5.32 Å². The molecule has 0 bridgehead atoms. The van der Waals surface area contributed by atoms with Gasteiger partial charge < -0.3 is 14.8 Å². The smallest absolute Gasteiger partial charge is 0.265 e. The van der Waals surface area contributed by atoms with Gasteiger partial charge in [-0.3, -0.25) is 14.5 Å². The van der Waals surface area contributed by atoms with Crippen molar-refractivity contribution in [3.05, 3.63) is 64.8 Å². The van der Waals surface area contributed by atoms with Crippen LogP contribution in [0.5, 0.6) is 0 Å². The van der Waals surface area contributed by atoms with Crippen molar-refractivity contribution in [2.45, 2.75) is 11.2 Å². The fraction of sp³-hybridized carbons (Fsp3) is 0.238. The van der Waals surface area contributed by atoms with Crippen molar-refractivity contribution in [2.24, 2.45) is 0 Å². The summed E-state index contributed by atoms with van der Waals surface area (Å²) in [4.78, 5) is 28.0. The van der Waals surface area contributed by atoms with E-state index in [0.717, 1.165) is 4.90 Å². The molecule has 2 amide bonds. The van der Waals surface area contributed by atoms with E-state index in [-0.39, 0.29) is 24.9 Å². The second-order valence-electron chi connectivity index (χ2n) is 6.20. The van der Waals surface area contributed by atoms with E-state index in [1.54, 1.807) is 30.3 Å². The number of carbonyl (C=O) groups is 2. The molecule has 2 aromatic rings. The normalized spacial score (nSPS) is 15.0. The Labute approximate surface area is 172 Å². The second-order valence-corrected chi connectivity index (χ2v) is 7.28. The van der Waals surface area contributed by atoms with E-state index in [4.69, 9.17) is 9.47 Å². The maximum absolute atomic E-state index is 14.1. The standard InChI is InChI=1S/C21H21FN2O4S/c1-27-20(28-2)12-23-19(25)13-24-16-9-5-6-10-17(16)29-18(21(24)26)11-14-7-3-4-8-15(14)22/h3-11,20H,12-13H2,1-2H3,(H,23,25). The molecule has 6 nitrogen and oxygen atoms in total. The molecule has 0 saturated heterocycles. The number of rotatable bonds is 7. The molecule has 152 valence electrons. The first-order valence-electron chi connectivity index (χ1n) is 8.90. The number of carbonyl (C=O) groups excluding carboxylic acids is 2. The Bertz CT molecular complexity index is 930. The maximum atomic E-state index is 14.1. The van der Waals surface area contributed by atoms with Crippen LogP contribution in [0.25, 0.3) is 6.08 Å². The first-order chi connectivity index (χ1) is 14.0. The summed E-state index contributed by atoms with van der Waals surface area (Å²) >= 11 is 1.26. The molecule has 0 aliphatic carbocycles. The van der Waals surface area contributed by atoms with Crippen molar-refractivity contribution in [3.63, 3.8) is 0 Å². The Kier molecular flexibility index (Phi) is 7.03. The number of benzene rings is 2. The van der Waals surface area contributed by atoms with Crippen LogP contribution in [-0.4, -0.2) is 45.4 Å². The molecular weight excluding hydrogens is 395 g/mol. The van der Waals surface area contributed by atoms with E-state index in [2.05, 4.69) is 5.32 Å². The van der Waals surface area contributed by atoms with Gasteiger partial charge in [-0.2, -0.15) is 0 Å². The van der Waals surface area contributed by atoms with E-state index in [9.17, 15) is 14.0 Å². The van der Waals surface area contributed by atoms with Gasteiger partial charge in [0.2, 0.25) is 5.91 Å². The molecule has 1 heterocycles. The molecule has 0 spiro atoms. The summed E-state index contributed by atoms with van der Waals surface area (Å²) in [7, 11) is 2.95. The predicted molar refractivity (Wildman–Crippen MR) is 110 cm³/mol. The Morgan fingerprint density at radius 3 is 2.59 bits per heavy atom. The predicted octanol–water partition coefficient (Wildman–Crippen LogP) is 3.04. The van der Waals surface area contributed by atoms with Crippen molar-refractivity contribution in [2.75, 3.05) is 32.2 Å². The van der Waals surface area contributed by atoms with Gasteiger partial charge in [0.1, 0.15) is 12.4 Å². The number of thioether (sulfide) groups is 1. The van der Waals surface area contributed by atoms with Crippen LogP contribution in [0.1, 0.15) is 5.56 Å². The quantitative estimate of drug-likeness (QED) is 0.555. The third kappa shape index (κ3) is 5.03. The topological polar surface area (TPSA) is 67.9 Å². The van der Waals surface area contributed by atoms with E-state index < -0.39 is 12.1 Å². The van der Waals surface area contributed by atoms with Gasteiger partial charge in [-0.1, -0.05) is 42.1 Å². The molecular formula is C21H21FN2O4S. The highest BCUT2D eigenvalue weighted by Crippen LogP contribution is 2.42. The molecule has 29 heavy (non-hydrogen) atoms. The minimum absolute atomic E-state index is 0.155. The zero-order chi connectivity index (χ0) is 20.8. The van der Waals surface area contributed by atoms with E-state index >= 15 is 0 Å². The van der Waals surface area contributed by atoms with Gasteiger partial charge in [0.25, 0.3) is 5.91 Å². The monoisotopic (exact) mass is 416 g/mol. The first-order valence-corrected chi connectivity index (χ1v) is 9.72. The van der Waals surface area contributed by atoms with Crippen LogP contribution in [0, 0.1) is 5.82 Å². The summed E-state index contributed by atoms with van der Waals surface area (Å²) in [6.07, 6.45) is 0.935. The van der Waals surface area contributed by atoms with Crippen LogP contribution >= 0.6 is 11.8 Å². The van der Waals surface area contributed by atoms with E-state index in [0.29, 0.717) is 16.2 Å². The van der Waals surface area contributed by atoms with Crippen LogP contribution in [0.4, 0.5) is 10.1 Å². The molecule has 1 aliphatic heterocycles. The van der Waals surface area contributed by atoms with Crippen LogP contribution in [0.2, 0.25) is 0 Å². The van der Waals surface area contributed by atoms with Crippen molar-refractivity contribution >= 4 is 35.3 Å². The molecule has 0 saturated carbocycles.